The van der Waals surface area contributed by atoms with Gasteiger partial charge in [-0.2, -0.15) is 21.6 Å². The summed E-state index contributed by atoms with van der Waals surface area (Å²) < 4.78 is 63.2. The first-order valence-corrected chi connectivity index (χ1v) is 7.68. The van der Waals surface area contributed by atoms with Crippen LogP contribution in [0.25, 0.3) is 0 Å². The maximum absolute atomic E-state index is 13.0. The van der Waals surface area contributed by atoms with Crippen LogP contribution in [-0.2, 0) is 10.0 Å². The van der Waals surface area contributed by atoms with Gasteiger partial charge in [0.05, 0.1) is 5.69 Å². The quantitative estimate of drug-likeness (QED) is 0.862. The van der Waals surface area contributed by atoms with E-state index in [2.05, 4.69) is 4.98 Å². The summed E-state index contributed by atoms with van der Waals surface area (Å²) in [4.78, 5) is 3.88. The zero-order valence-electron chi connectivity index (χ0n) is 11.8. The third-order valence-electron chi connectivity index (χ3n) is 2.90. The minimum absolute atomic E-state index is 0.126. The highest BCUT2D eigenvalue weighted by molar-refractivity contribution is 7.94. The molecule has 0 aliphatic heterocycles. The highest BCUT2D eigenvalue weighted by atomic mass is 32.2. The molecule has 1 aromatic heterocycles. The number of sulfonamides is 1. The summed E-state index contributed by atoms with van der Waals surface area (Å²) in [5.41, 5.74) is -4.50. The monoisotopic (exact) mass is 330 g/mol. The van der Waals surface area contributed by atoms with Crippen LogP contribution in [0.4, 0.5) is 24.7 Å². The second-order valence-electron chi connectivity index (χ2n) is 4.70. The average molecular weight is 330 g/mol. The van der Waals surface area contributed by atoms with Gasteiger partial charge in [-0.3, -0.25) is 0 Å². The summed E-state index contributed by atoms with van der Waals surface area (Å²) in [5.74, 6) is -0.269. The van der Waals surface area contributed by atoms with Crippen LogP contribution in [0.2, 0.25) is 0 Å². The Morgan fingerprint density at radius 1 is 1.09 bits per heavy atom. The molecule has 1 aromatic carbocycles. The van der Waals surface area contributed by atoms with Crippen LogP contribution in [0.5, 0.6) is 0 Å². The smallest absolute Gasteiger partial charge is 0.237 e. The van der Waals surface area contributed by atoms with Crippen LogP contribution in [0.1, 0.15) is 11.1 Å². The Labute approximate surface area is 126 Å². The number of hydrogen-bond donors (Lipinski definition) is 0. The third-order valence-corrected chi connectivity index (χ3v) is 4.35. The number of halogens is 3. The number of anilines is 2. The van der Waals surface area contributed by atoms with E-state index < -0.39 is 15.5 Å². The molecule has 1 heterocycles. The number of aromatic nitrogens is 1. The van der Waals surface area contributed by atoms with E-state index >= 15 is 0 Å². The fraction of sp³-hybridized carbons (Fsp3) is 0.214. The van der Waals surface area contributed by atoms with E-state index in [1.54, 1.807) is 19.1 Å². The standard InChI is InChI=1S/C14H13F3N2O2S/c1-10-8-11(2)13(18-9-10)19(12-6-4-3-5-7-12)22(20,21)14(15,16)17/h3-9H,1-2H3. The molecule has 8 heteroatoms. The van der Waals surface area contributed by atoms with Gasteiger partial charge in [0.1, 0.15) is 5.82 Å². The van der Waals surface area contributed by atoms with Gasteiger partial charge in [0.15, 0.2) is 0 Å². The Balaban J connectivity index is 2.72. The first-order chi connectivity index (χ1) is 10.1. The van der Waals surface area contributed by atoms with Crippen LogP contribution >= 0.6 is 0 Å². The highest BCUT2D eigenvalue weighted by Gasteiger charge is 2.51. The minimum atomic E-state index is -5.61. The molecule has 0 aliphatic carbocycles. The number of para-hydroxylation sites is 1. The lowest BCUT2D eigenvalue weighted by molar-refractivity contribution is -0.0435. The Hall–Kier alpha value is -2.09. The van der Waals surface area contributed by atoms with Gasteiger partial charge in [0.2, 0.25) is 0 Å². The molecule has 0 saturated carbocycles. The zero-order valence-corrected chi connectivity index (χ0v) is 12.6. The van der Waals surface area contributed by atoms with E-state index in [4.69, 9.17) is 0 Å². The average Bonchev–Trinajstić information content (AvgIpc) is 2.41. The third kappa shape index (κ3) is 2.92. The molecule has 0 N–H and O–H groups in total. The Bertz CT molecular complexity index is 774. The molecule has 0 fully saturated rings. The molecule has 0 aliphatic rings. The SMILES string of the molecule is Cc1cnc(N(c2ccccc2)S(=O)(=O)C(F)(F)F)c(C)c1. The van der Waals surface area contributed by atoms with E-state index in [0.717, 1.165) is 5.56 Å². The molecule has 4 nitrogen and oxygen atoms in total. The molecule has 0 bridgehead atoms. The number of rotatable bonds is 3. The molecule has 22 heavy (non-hydrogen) atoms. The van der Waals surface area contributed by atoms with E-state index in [0.29, 0.717) is 5.56 Å². The van der Waals surface area contributed by atoms with Crippen molar-refractivity contribution < 1.29 is 21.6 Å². The van der Waals surface area contributed by atoms with Crippen LogP contribution in [0, 0.1) is 13.8 Å². The number of pyridine rings is 1. The summed E-state index contributed by atoms with van der Waals surface area (Å²) in [5, 5.41) is 0. The molecule has 118 valence electrons. The first-order valence-electron chi connectivity index (χ1n) is 6.24. The number of hydrogen-bond acceptors (Lipinski definition) is 3. The fourth-order valence-electron chi connectivity index (χ4n) is 1.96. The number of benzene rings is 1. The summed E-state index contributed by atoms with van der Waals surface area (Å²) >= 11 is 0. The van der Waals surface area contributed by atoms with Crippen molar-refractivity contribution in [2.24, 2.45) is 0 Å². The Kier molecular flexibility index (Phi) is 4.15. The molecule has 0 unspecified atom stereocenters. The van der Waals surface area contributed by atoms with Crippen molar-refractivity contribution in [2.45, 2.75) is 19.4 Å². The van der Waals surface area contributed by atoms with Gasteiger partial charge in [-0.1, -0.05) is 24.3 Å². The van der Waals surface area contributed by atoms with E-state index in [-0.39, 0.29) is 15.8 Å². The lowest BCUT2D eigenvalue weighted by Gasteiger charge is -2.25. The number of aryl methyl sites for hydroxylation is 2. The maximum atomic E-state index is 13.0. The molecule has 0 radical (unpaired) electrons. The van der Waals surface area contributed by atoms with Gasteiger partial charge in [-0.15, -0.1) is 0 Å². The number of alkyl halides is 3. The predicted molar refractivity (Wildman–Crippen MR) is 77.3 cm³/mol. The van der Waals surface area contributed by atoms with Crippen LogP contribution in [-0.4, -0.2) is 18.9 Å². The van der Waals surface area contributed by atoms with Crippen molar-refractivity contribution in [3.63, 3.8) is 0 Å². The van der Waals surface area contributed by atoms with Gasteiger partial charge >= 0.3 is 15.5 Å². The summed E-state index contributed by atoms with van der Waals surface area (Å²) in [6.07, 6.45) is 1.32. The van der Waals surface area contributed by atoms with Crippen molar-refractivity contribution in [3.8, 4) is 0 Å². The van der Waals surface area contributed by atoms with Crippen molar-refractivity contribution in [2.75, 3.05) is 4.31 Å². The van der Waals surface area contributed by atoms with Crippen LogP contribution in [0.3, 0.4) is 0 Å². The molecular weight excluding hydrogens is 317 g/mol. The molecular formula is C14H13F3N2O2S. The molecule has 0 saturated heterocycles. The molecule has 2 aromatic rings. The van der Waals surface area contributed by atoms with Crippen molar-refractivity contribution in [1.82, 2.24) is 4.98 Å². The zero-order chi connectivity index (χ0) is 16.5. The van der Waals surface area contributed by atoms with E-state index in [9.17, 15) is 21.6 Å². The summed E-state index contributed by atoms with van der Waals surface area (Å²) in [6, 6.07) is 8.63. The second-order valence-corrected chi connectivity index (χ2v) is 6.48. The van der Waals surface area contributed by atoms with Crippen molar-refractivity contribution in [1.29, 1.82) is 0 Å². The fourth-order valence-corrected chi connectivity index (χ4v) is 2.99. The van der Waals surface area contributed by atoms with Crippen LogP contribution < -0.4 is 4.31 Å². The van der Waals surface area contributed by atoms with Crippen LogP contribution in [0.15, 0.2) is 42.6 Å². The largest absolute Gasteiger partial charge is 0.517 e. The van der Waals surface area contributed by atoms with Crippen molar-refractivity contribution in [3.05, 3.63) is 53.7 Å². The molecule has 0 atom stereocenters. The molecule has 0 amide bonds. The highest BCUT2D eigenvalue weighted by Crippen LogP contribution is 2.37. The van der Waals surface area contributed by atoms with Gasteiger partial charge in [-0.25, -0.2) is 9.29 Å². The van der Waals surface area contributed by atoms with E-state index in [1.807, 2.05) is 0 Å². The normalized spacial score (nSPS) is 12.2. The molecule has 0 spiro atoms. The maximum Gasteiger partial charge on any atom is 0.517 e. The molecule has 2 rings (SSSR count). The van der Waals surface area contributed by atoms with Gasteiger partial charge in [0, 0.05) is 6.20 Å². The number of nitrogens with zero attached hydrogens (tertiary/aromatic N) is 2. The first kappa shape index (κ1) is 16.3. The van der Waals surface area contributed by atoms with Gasteiger partial charge in [-0.05, 0) is 37.1 Å². The predicted octanol–water partition coefficient (Wildman–Crippen LogP) is 3.69. The van der Waals surface area contributed by atoms with Gasteiger partial charge < -0.3 is 0 Å². The van der Waals surface area contributed by atoms with Gasteiger partial charge in [0.25, 0.3) is 0 Å². The lowest BCUT2D eigenvalue weighted by atomic mass is 10.2. The summed E-state index contributed by atoms with van der Waals surface area (Å²) in [7, 11) is -5.61. The summed E-state index contributed by atoms with van der Waals surface area (Å²) in [6.45, 7) is 3.23. The lowest BCUT2D eigenvalue weighted by Crippen LogP contribution is -2.38. The van der Waals surface area contributed by atoms with E-state index in [1.165, 1.54) is 37.4 Å². The second kappa shape index (κ2) is 5.60. The Morgan fingerprint density at radius 2 is 1.68 bits per heavy atom. The van der Waals surface area contributed by atoms with Crippen molar-refractivity contribution >= 4 is 21.5 Å². The Morgan fingerprint density at radius 3 is 2.18 bits per heavy atom. The minimum Gasteiger partial charge on any atom is -0.237 e. The topological polar surface area (TPSA) is 50.3 Å².